The van der Waals surface area contributed by atoms with E-state index < -0.39 is 26.5 Å². The van der Waals surface area contributed by atoms with Gasteiger partial charge in [-0.3, -0.25) is 0 Å². The van der Waals surface area contributed by atoms with E-state index in [1.807, 2.05) is 24.3 Å². The number of carbonyl (C=O) groups is 3. The summed E-state index contributed by atoms with van der Waals surface area (Å²) < 4.78 is 53.3. The third-order valence-electron chi connectivity index (χ3n) is 9.24. The van der Waals surface area contributed by atoms with Gasteiger partial charge in [-0.05, 0) is 67.6 Å². The molecule has 61 heavy (non-hydrogen) atoms. The minimum absolute atomic E-state index is 0.00905. The molecule has 1 fully saturated rings. The first kappa shape index (κ1) is 50.1. The molecule has 1 aliphatic carbocycles. The SMILES string of the molecule is CC(C)(CCOC(=O)NCCOCCOCCNC(=O)OCC1c2ccccc2-c2ccccc21)SSCOCCCCOC(=O)NCC#C[B][C@@H]1CO[C@H](CO[P+](=O)O)C1. The van der Waals surface area contributed by atoms with Crippen LogP contribution in [0.3, 0.4) is 0 Å². The molecule has 1 unspecified atom stereocenters. The molecule has 2 aromatic rings. The van der Waals surface area contributed by atoms with Crippen LogP contribution in [0.2, 0.25) is 5.82 Å². The maximum atomic E-state index is 12.3. The van der Waals surface area contributed by atoms with E-state index in [-0.39, 0.29) is 55.6 Å². The van der Waals surface area contributed by atoms with E-state index in [0.29, 0.717) is 77.9 Å². The maximum absolute atomic E-state index is 12.3. The largest absolute Gasteiger partial charge is 0.694 e. The quantitative estimate of drug-likeness (QED) is 0.0143. The lowest BCUT2D eigenvalue weighted by molar-refractivity contribution is 0.0487. The second-order valence-corrected chi connectivity index (χ2v) is 18.1. The molecule has 0 saturated carbocycles. The minimum Gasteiger partial charge on any atom is -0.450 e. The lowest BCUT2D eigenvalue weighted by Gasteiger charge is -2.22. The van der Waals surface area contributed by atoms with Crippen LogP contribution in [0.1, 0.15) is 56.6 Å². The number of amides is 3. The Balaban J connectivity index is 0.866. The Morgan fingerprint density at radius 1 is 0.820 bits per heavy atom. The van der Waals surface area contributed by atoms with E-state index in [4.69, 9.17) is 38.1 Å². The van der Waals surface area contributed by atoms with Crippen LogP contribution in [0.25, 0.3) is 11.1 Å². The van der Waals surface area contributed by atoms with Crippen molar-refractivity contribution in [1.29, 1.82) is 0 Å². The van der Waals surface area contributed by atoms with Gasteiger partial charge in [0.15, 0.2) is 0 Å². The molecule has 16 nitrogen and oxygen atoms in total. The highest BCUT2D eigenvalue weighted by Crippen LogP contribution is 2.44. The number of hydrogen-bond acceptors (Lipinski definition) is 14. The zero-order valence-corrected chi connectivity index (χ0v) is 37.3. The van der Waals surface area contributed by atoms with Crippen LogP contribution in [0.4, 0.5) is 14.4 Å². The smallest absolute Gasteiger partial charge is 0.450 e. The van der Waals surface area contributed by atoms with Crippen molar-refractivity contribution in [3.63, 3.8) is 0 Å². The van der Waals surface area contributed by atoms with E-state index in [9.17, 15) is 18.9 Å². The van der Waals surface area contributed by atoms with Crippen LogP contribution in [-0.2, 0) is 42.2 Å². The van der Waals surface area contributed by atoms with Crippen molar-refractivity contribution in [2.75, 3.05) is 91.6 Å². The molecular weight excluding hydrogens is 848 g/mol. The number of nitrogens with one attached hydrogen (secondary N) is 3. The molecule has 2 aliphatic rings. The monoisotopic (exact) mass is 905 g/mol. The Bertz CT molecular complexity index is 1690. The van der Waals surface area contributed by atoms with Crippen LogP contribution in [0.15, 0.2) is 48.5 Å². The average molecular weight is 906 g/mol. The lowest BCUT2D eigenvalue weighted by atomic mass is 9.64. The topological polar surface area (TPSA) is 198 Å². The van der Waals surface area contributed by atoms with E-state index in [1.165, 1.54) is 11.1 Å². The molecule has 1 heterocycles. The first-order valence-electron chi connectivity index (χ1n) is 20.3. The van der Waals surface area contributed by atoms with E-state index >= 15 is 0 Å². The highest BCUT2D eigenvalue weighted by Gasteiger charge is 2.30. The Morgan fingerprint density at radius 2 is 1.44 bits per heavy atom. The standard InChI is InChI=1S/C41H56BN3O13PS2/c1-41(2,61-60-30-53-19-7-8-20-54-38(46)43-16-9-15-42-31-26-32(56-27-31)28-58-59(49)50)14-21-55-39(47)44-17-22-51-24-25-52-23-18-45-40(48)57-29-37-35-12-5-3-10-33(35)34-11-4-6-13-36(34)37/h3-6,10-13,31-32,37H,7-8,14,16-30H2,1-2H3,(H3-,43,44,45,46,47,48,49,50)/p+1/t31-,32-/m0/s1. The summed E-state index contributed by atoms with van der Waals surface area (Å²) in [5.74, 6) is 6.34. The molecule has 4 N–H and O–H groups in total. The van der Waals surface area contributed by atoms with Crippen molar-refractivity contribution in [3.8, 4) is 22.9 Å². The number of rotatable bonds is 28. The fourth-order valence-electron chi connectivity index (χ4n) is 6.16. The second-order valence-electron chi connectivity index (χ2n) is 14.4. The predicted molar refractivity (Wildman–Crippen MR) is 235 cm³/mol. The fourth-order valence-corrected chi connectivity index (χ4v) is 8.73. The van der Waals surface area contributed by atoms with Crippen LogP contribution >= 0.6 is 29.8 Å². The summed E-state index contributed by atoms with van der Waals surface area (Å²) in [5.41, 5.74) is 4.69. The number of carbonyl (C=O) groups excluding carboxylic acids is 3. The summed E-state index contributed by atoms with van der Waals surface area (Å²) >= 11 is 0. The van der Waals surface area contributed by atoms with Gasteiger partial charge in [0.05, 0.1) is 52.3 Å². The van der Waals surface area contributed by atoms with E-state index in [2.05, 4.69) is 70.3 Å². The molecule has 3 amide bonds. The van der Waals surface area contributed by atoms with Crippen LogP contribution in [-0.4, -0.2) is 133 Å². The van der Waals surface area contributed by atoms with Gasteiger partial charge in [-0.1, -0.05) is 76.0 Å². The van der Waals surface area contributed by atoms with Crippen LogP contribution in [0.5, 0.6) is 0 Å². The van der Waals surface area contributed by atoms with Crippen LogP contribution < -0.4 is 16.0 Å². The summed E-state index contributed by atoms with van der Waals surface area (Å²) in [6, 6.07) is 16.4. The predicted octanol–water partition coefficient (Wildman–Crippen LogP) is 6.22. The highest BCUT2D eigenvalue weighted by atomic mass is 33.1. The van der Waals surface area contributed by atoms with Crippen molar-refractivity contribution >= 4 is 55.4 Å². The normalized spacial score (nSPS) is 15.8. The number of alkyl carbamates (subject to hydrolysis) is 3. The molecule has 4 rings (SSSR count). The van der Waals surface area contributed by atoms with Crippen molar-refractivity contribution in [2.24, 2.45) is 0 Å². The summed E-state index contributed by atoms with van der Waals surface area (Å²) in [7, 11) is 2.41. The van der Waals surface area contributed by atoms with E-state index in [1.54, 1.807) is 28.9 Å². The van der Waals surface area contributed by atoms with Crippen LogP contribution in [0, 0.1) is 11.7 Å². The Hall–Kier alpha value is -3.57. The van der Waals surface area contributed by atoms with Gasteiger partial charge < -0.3 is 49.1 Å². The molecule has 1 saturated heterocycles. The Labute approximate surface area is 367 Å². The minimum atomic E-state index is -2.63. The van der Waals surface area contributed by atoms with Gasteiger partial charge >= 0.3 is 26.5 Å². The maximum Gasteiger partial charge on any atom is 0.694 e. The first-order valence-corrected chi connectivity index (χ1v) is 23.7. The van der Waals surface area contributed by atoms with Gasteiger partial charge in [0.1, 0.15) is 19.2 Å². The molecule has 1 radical (unpaired) electrons. The van der Waals surface area contributed by atoms with Gasteiger partial charge in [0.25, 0.3) is 0 Å². The summed E-state index contributed by atoms with van der Waals surface area (Å²) in [6.45, 7) is 8.12. The van der Waals surface area contributed by atoms with Gasteiger partial charge in [0, 0.05) is 41.5 Å². The summed E-state index contributed by atoms with van der Waals surface area (Å²) in [5, 5.41) is 7.98. The van der Waals surface area contributed by atoms with Gasteiger partial charge in [-0.2, -0.15) is 5.82 Å². The number of ether oxygens (including phenoxy) is 7. The Kier molecular flexibility index (Phi) is 23.7. The molecule has 0 aromatic heterocycles. The molecular formula is C41H57BN3O13PS2+. The third-order valence-corrected chi connectivity index (χ3v) is 12.6. The van der Waals surface area contributed by atoms with E-state index in [0.717, 1.165) is 17.5 Å². The molecule has 0 spiro atoms. The Morgan fingerprint density at radius 3 is 2.13 bits per heavy atom. The third kappa shape index (κ3) is 20.4. The number of fused-ring (bicyclic) bond motifs is 3. The zero-order valence-electron chi connectivity index (χ0n) is 34.8. The summed E-state index contributed by atoms with van der Waals surface area (Å²) in [4.78, 5) is 44.9. The fraction of sp³-hybridized carbons (Fsp3) is 0.585. The number of hydrogen-bond donors (Lipinski definition) is 4. The van der Waals surface area contributed by atoms with Crippen molar-refractivity contribution < 1.29 is 61.5 Å². The van der Waals surface area contributed by atoms with Gasteiger partial charge in [-0.25, -0.2) is 14.4 Å². The van der Waals surface area contributed by atoms with Crippen molar-refractivity contribution in [2.45, 2.75) is 62.1 Å². The van der Waals surface area contributed by atoms with Gasteiger partial charge in [0.2, 0.25) is 7.28 Å². The van der Waals surface area contributed by atoms with Crippen molar-refractivity contribution in [1.82, 2.24) is 16.0 Å². The molecule has 1 aliphatic heterocycles. The molecule has 3 atom stereocenters. The average Bonchev–Trinajstić information content (AvgIpc) is 3.84. The molecule has 20 heteroatoms. The highest BCUT2D eigenvalue weighted by molar-refractivity contribution is 8.77. The van der Waals surface area contributed by atoms with Gasteiger partial charge in [-0.15, -0.1) is 9.42 Å². The summed E-state index contributed by atoms with van der Waals surface area (Å²) in [6.07, 6.45) is 0.977. The molecule has 0 bridgehead atoms. The molecule has 2 aromatic carbocycles. The zero-order chi connectivity index (χ0) is 43.5. The lowest BCUT2D eigenvalue weighted by Crippen LogP contribution is -2.30. The molecule has 333 valence electrons. The second kappa shape index (κ2) is 28.9. The number of unbranched alkanes of at least 4 members (excludes halogenated alkanes) is 1. The number of benzene rings is 2. The first-order chi connectivity index (χ1) is 29.6. The van der Waals surface area contributed by atoms with Crippen molar-refractivity contribution in [3.05, 3.63) is 59.7 Å².